The maximum Gasteiger partial charge on any atom is 0.222 e. The van der Waals surface area contributed by atoms with Crippen LogP contribution >= 0.6 is 0 Å². The molecule has 0 saturated carbocycles. The molecule has 2 heterocycles. The van der Waals surface area contributed by atoms with E-state index in [9.17, 15) is 4.79 Å². The first-order chi connectivity index (χ1) is 8.84. The second-order valence-corrected chi connectivity index (χ2v) is 5.02. The van der Waals surface area contributed by atoms with Gasteiger partial charge in [0.15, 0.2) is 0 Å². The fourth-order valence-electron chi connectivity index (χ4n) is 2.42. The molecule has 1 amide bonds. The summed E-state index contributed by atoms with van der Waals surface area (Å²) >= 11 is 0. The molecule has 2 saturated heterocycles. The van der Waals surface area contributed by atoms with Gasteiger partial charge in [-0.2, -0.15) is 0 Å². The fourth-order valence-corrected chi connectivity index (χ4v) is 2.42. The van der Waals surface area contributed by atoms with Crippen LogP contribution < -0.4 is 10.6 Å². The van der Waals surface area contributed by atoms with Crippen molar-refractivity contribution in [2.75, 3.05) is 32.9 Å². The second-order valence-electron chi connectivity index (χ2n) is 5.02. The highest BCUT2D eigenvalue weighted by Crippen LogP contribution is 2.08. The molecule has 5 heteroatoms. The van der Waals surface area contributed by atoms with Crippen molar-refractivity contribution in [1.29, 1.82) is 0 Å². The van der Waals surface area contributed by atoms with E-state index in [1.165, 1.54) is 0 Å². The lowest BCUT2D eigenvalue weighted by molar-refractivity contribution is -0.124. The molecule has 18 heavy (non-hydrogen) atoms. The number of amides is 1. The van der Waals surface area contributed by atoms with Crippen LogP contribution in [0.2, 0.25) is 0 Å². The topological polar surface area (TPSA) is 59.6 Å². The van der Waals surface area contributed by atoms with Crippen LogP contribution in [0.1, 0.15) is 32.1 Å². The average Bonchev–Trinajstić information content (AvgIpc) is 2.41. The van der Waals surface area contributed by atoms with Gasteiger partial charge in [0, 0.05) is 25.7 Å². The van der Waals surface area contributed by atoms with Crippen molar-refractivity contribution in [3.8, 4) is 0 Å². The van der Waals surface area contributed by atoms with E-state index in [4.69, 9.17) is 9.47 Å². The molecule has 104 valence electrons. The molecule has 0 atom stereocenters. The SMILES string of the molecule is O=C(CCOC1CCNCC1)NC1CCOCC1. The van der Waals surface area contributed by atoms with Crippen LogP contribution in [0.15, 0.2) is 0 Å². The molecule has 0 unspecified atom stereocenters. The number of carbonyl (C=O) groups excluding carboxylic acids is 1. The lowest BCUT2D eigenvalue weighted by Gasteiger charge is -2.24. The average molecular weight is 256 g/mol. The summed E-state index contributed by atoms with van der Waals surface area (Å²) in [7, 11) is 0. The van der Waals surface area contributed by atoms with Gasteiger partial charge in [0.2, 0.25) is 5.91 Å². The molecule has 0 radical (unpaired) electrons. The number of hydrogen-bond acceptors (Lipinski definition) is 4. The monoisotopic (exact) mass is 256 g/mol. The molecule has 2 fully saturated rings. The van der Waals surface area contributed by atoms with Gasteiger partial charge in [-0.1, -0.05) is 0 Å². The van der Waals surface area contributed by atoms with Crippen molar-refractivity contribution in [3.63, 3.8) is 0 Å². The van der Waals surface area contributed by atoms with Crippen LogP contribution in [0, 0.1) is 0 Å². The standard InChI is InChI=1S/C13H24N2O3/c16-13(15-11-3-8-17-9-4-11)5-10-18-12-1-6-14-7-2-12/h11-12,14H,1-10H2,(H,15,16). The zero-order valence-corrected chi connectivity index (χ0v) is 11.0. The summed E-state index contributed by atoms with van der Waals surface area (Å²) in [4.78, 5) is 11.7. The number of ether oxygens (including phenoxy) is 2. The highest BCUT2D eigenvalue weighted by Gasteiger charge is 2.17. The summed E-state index contributed by atoms with van der Waals surface area (Å²) < 4.78 is 11.0. The third-order valence-electron chi connectivity index (χ3n) is 3.56. The summed E-state index contributed by atoms with van der Waals surface area (Å²) in [5, 5.41) is 6.34. The predicted molar refractivity (Wildman–Crippen MR) is 68.4 cm³/mol. The van der Waals surface area contributed by atoms with Gasteiger partial charge in [-0.3, -0.25) is 4.79 Å². The molecular weight excluding hydrogens is 232 g/mol. The number of rotatable bonds is 5. The van der Waals surface area contributed by atoms with E-state index in [2.05, 4.69) is 10.6 Å². The van der Waals surface area contributed by atoms with Crippen LogP contribution in [-0.4, -0.2) is 51.0 Å². The number of piperidine rings is 1. The minimum Gasteiger partial charge on any atom is -0.381 e. The Morgan fingerprint density at radius 1 is 1.22 bits per heavy atom. The van der Waals surface area contributed by atoms with Gasteiger partial charge in [0.25, 0.3) is 0 Å². The quantitative estimate of drug-likeness (QED) is 0.749. The highest BCUT2D eigenvalue weighted by molar-refractivity contribution is 5.76. The van der Waals surface area contributed by atoms with Crippen LogP contribution in [-0.2, 0) is 14.3 Å². The molecule has 0 aromatic rings. The molecule has 0 bridgehead atoms. The second kappa shape index (κ2) is 7.71. The molecule has 0 spiro atoms. The van der Waals surface area contributed by atoms with Crippen LogP contribution in [0.25, 0.3) is 0 Å². The molecular formula is C13H24N2O3. The van der Waals surface area contributed by atoms with Crippen LogP contribution in [0.5, 0.6) is 0 Å². The summed E-state index contributed by atoms with van der Waals surface area (Å²) in [6.45, 7) is 4.12. The number of carbonyl (C=O) groups is 1. The summed E-state index contributed by atoms with van der Waals surface area (Å²) in [6.07, 6.45) is 4.79. The van der Waals surface area contributed by atoms with Gasteiger partial charge in [-0.25, -0.2) is 0 Å². The maximum absolute atomic E-state index is 11.7. The zero-order valence-electron chi connectivity index (χ0n) is 11.0. The van der Waals surface area contributed by atoms with E-state index in [-0.39, 0.29) is 5.91 Å². The van der Waals surface area contributed by atoms with Crippen molar-refractivity contribution >= 4 is 5.91 Å². The third-order valence-corrected chi connectivity index (χ3v) is 3.56. The molecule has 0 aromatic heterocycles. The number of nitrogens with one attached hydrogen (secondary N) is 2. The Kier molecular flexibility index (Phi) is 5.90. The van der Waals surface area contributed by atoms with Gasteiger partial charge < -0.3 is 20.1 Å². The summed E-state index contributed by atoms with van der Waals surface area (Å²) in [5.74, 6) is 0.107. The molecule has 5 nitrogen and oxygen atoms in total. The normalized spacial score (nSPS) is 22.9. The van der Waals surface area contributed by atoms with E-state index in [0.717, 1.165) is 52.0 Å². The van der Waals surface area contributed by atoms with E-state index in [0.29, 0.717) is 25.2 Å². The lowest BCUT2D eigenvalue weighted by Crippen LogP contribution is -2.39. The maximum atomic E-state index is 11.7. The van der Waals surface area contributed by atoms with E-state index in [1.807, 2.05) is 0 Å². The Hall–Kier alpha value is -0.650. The van der Waals surface area contributed by atoms with Gasteiger partial charge in [0.1, 0.15) is 0 Å². The molecule has 2 aliphatic rings. The van der Waals surface area contributed by atoms with Gasteiger partial charge in [-0.15, -0.1) is 0 Å². The smallest absolute Gasteiger partial charge is 0.222 e. The van der Waals surface area contributed by atoms with Crippen LogP contribution in [0.3, 0.4) is 0 Å². The third kappa shape index (κ3) is 4.92. The first kappa shape index (κ1) is 13.8. The van der Waals surface area contributed by atoms with Gasteiger partial charge in [-0.05, 0) is 38.8 Å². The van der Waals surface area contributed by atoms with Crippen molar-refractivity contribution in [2.24, 2.45) is 0 Å². The Bertz CT molecular complexity index is 249. The summed E-state index contributed by atoms with van der Waals surface area (Å²) in [6, 6.07) is 0.296. The molecule has 2 aliphatic heterocycles. The van der Waals surface area contributed by atoms with Crippen molar-refractivity contribution in [1.82, 2.24) is 10.6 Å². The molecule has 2 rings (SSSR count). The van der Waals surface area contributed by atoms with Crippen molar-refractivity contribution in [2.45, 2.75) is 44.2 Å². The highest BCUT2D eigenvalue weighted by atomic mass is 16.5. The van der Waals surface area contributed by atoms with E-state index >= 15 is 0 Å². The Morgan fingerprint density at radius 3 is 2.67 bits per heavy atom. The first-order valence-electron chi connectivity index (χ1n) is 7.04. The minimum atomic E-state index is 0.107. The molecule has 0 aromatic carbocycles. The first-order valence-corrected chi connectivity index (χ1v) is 7.04. The Morgan fingerprint density at radius 2 is 1.94 bits per heavy atom. The largest absolute Gasteiger partial charge is 0.381 e. The van der Waals surface area contributed by atoms with Crippen molar-refractivity contribution in [3.05, 3.63) is 0 Å². The zero-order chi connectivity index (χ0) is 12.6. The van der Waals surface area contributed by atoms with E-state index in [1.54, 1.807) is 0 Å². The number of hydrogen-bond donors (Lipinski definition) is 2. The lowest BCUT2D eigenvalue weighted by atomic mass is 10.1. The van der Waals surface area contributed by atoms with E-state index < -0.39 is 0 Å². The minimum absolute atomic E-state index is 0.107. The summed E-state index contributed by atoms with van der Waals surface area (Å²) in [5.41, 5.74) is 0. The molecule has 0 aliphatic carbocycles. The predicted octanol–water partition coefficient (Wildman–Crippen LogP) is 0.440. The fraction of sp³-hybridized carbons (Fsp3) is 0.923. The Labute approximate surface area is 109 Å². The Balaban J connectivity index is 1.53. The molecule has 2 N–H and O–H groups in total. The van der Waals surface area contributed by atoms with Crippen LogP contribution in [0.4, 0.5) is 0 Å². The van der Waals surface area contributed by atoms with Gasteiger partial charge in [0.05, 0.1) is 12.7 Å². The van der Waals surface area contributed by atoms with Crippen molar-refractivity contribution < 1.29 is 14.3 Å². The van der Waals surface area contributed by atoms with Gasteiger partial charge >= 0.3 is 0 Å².